The van der Waals surface area contributed by atoms with E-state index in [-0.39, 0.29) is 62.9 Å². The van der Waals surface area contributed by atoms with Gasteiger partial charge in [0.2, 0.25) is 0 Å². The van der Waals surface area contributed by atoms with Crippen molar-refractivity contribution in [3.8, 4) is 11.1 Å². The van der Waals surface area contributed by atoms with Gasteiger partial charge >= 0.3 is 29.6 Å². The Hall–Kier alpha value is -2.69. The SMILES string of the molecule is Nc1cccc(-c2c(N)c(S(=O)(=O)[O-])c(N)c3c2C(=O)c2ccccc2C3=O)c1.[Na+]. The van der Waals surface area contributed by atoms with Crippen LogP contribution >= 0.6 is 0 Å². The van der Waals surface area contributed by atoms with Crippen molar-refractivity contribution in [2.75, 3.05) is 17.2 Å². The summed E-state index contributed by atoms with van der Waals surface area (Å²) < 4.78 is 35.7. The Kier molecular flexibility index (Phi) is 5.52. The molecule has 0 unspecified atom stereocenters. The molecule has 0 saturated carbocycles. The quantitative estimate of drug-likeness (QED) is 0.202. The minimum absolute atomic E-state index is 0. The number of fused-ring (bicyclic) bond motifs is 2. The van der Waals surface area contributed by atoms with Gasteiger partial charge in [0.05, 0.1) is 16.9 Å². The molecule has 0 amide bonds. The molecular formula is C20H14N3NaO5S. The molecule has 1 aliphatic rings. The van der Waals surface area contributed by atoms with Gasteiger partial charge in [-0.25, -0.2) is 8.42 Å². The van der Waals surface area contributed by atoms with Gasteiger partial charge in [0.15, 0.2) is 11.6 Å². The topological polar surface area (TPSA) is 169 Å². The Morgan fingerprint density at radius 1 is 0.733 bits per heavy atom. The molecule has 0 bridgehead atoms. The first-order valence-electron chi connectivity index (χ1n) is 8.38. The van der Waals surface area contributed by atoms with Gasteiger partial charge in [-0.1, -0.05) is 36.4 Å². The first-order chi connectivity index (χ1) is 13.6. The number of carbonyl (C=O) groups is 2. The van der Waals surface area contributed by atoms with E-state index >= 15 is 0 Å². The molecular weight excluding hydrogens is 417 g/mol. The molecule has 10 heteroatoms. The summed E-state index contributed by atoms with van der Waals surface area (Å²) in [5.74, 6) is -1.22. The van der Waals surface area contributed by atoms with Gasteiger partial charge in [0.25, 0.3) is 0 Å². The molecule has 0 heterocycles. The fraction of sp³-hybridized carbons (Fsp3) is 0. The van der Waals surface area contributed by atoms with Crippen molar-refractivity contribution < 1.29 is 52.1 Å². The fourth-order valence-corrected chi connectivity index (χ4v) is 4.38. The van der Waals surface area contributed by atoms with Crippen LogP contribution in [0, 0.1) is 0 Å². The number of hydrogen-bond acceptors (Lipinski definition) is 8. The molecule has 3 aromatic rings. The molecule has 30 heavy (non-hydrogen) atoms. The molecule has 0 spiro atoms. The zero-order valence-corrected chi connectivity index (χ0v) is 18.6. The van der Waals surface area contributed by atoms with Crippen molar-refractivity contribution >= 4 is 38.7 Å². The fourth-order valence-electron chi connectivity index (χ4n) is 3.64. The summed E-state index contributed by atoms with van der Waals surface area (Å²) in [5.41, 5.74) is 16.9. The maximum atomic E-state index is 13.3. The van der Waals surface area contributed by atoms with E-state index in [1.165, 1.54) is 24.3 Å². The largest absolute Gasteiger partial charge is 1.00 e. The van der Waals surface area contributed by atoms with Crippen LogP contribution in [0.25, 0.3) is 11.1 Å². The van der Waals surface area contributed by atoms with Crippen molar-refractivity contribution in [1.82, 2.24) is 0 Å². The van der Waals surface area contributed by atoms with Crippen LogP contribution in [0.15, 0.2) is 53.4 Å². The second-order valence-corrected chi connectivity index (χ2v) is 7.88. The molecule has 146 valence electrons. The maximum absolute atomic E-state index is 13.3. The number of nitrogens with two attached hydrogens (primary N) is 3. The Balaban J connectivity index is 0.00000256. The van der Waals surface area contributed by atoms with Crippen LogP contribution in [0.1, 0.15) is 31.8 Å². The van der Waals surface area contributed by atoms with Crippen LogP contribution in [0.3, 0.4) is 0 Å². The Morgan fingerprint density at radius 2 is 1.27 bits per heavy atom. The van der Waals surface area contributed by atoms with Crippen LogP contribution in [0.5, 0.6) is 0 Å². The molecule has 0 aromatic heterocycles. The molecule has 6 N–H and O–H groups in total. The van der Waals surface area contributed by atoms with E-state index in [1.54, 1.807) is 24.3 Å². The number of anilines is 3. The van der Waals surface area contributed by atoms with Gasteiger partial charge in [0, 0.05) is 27.9 Å². The first kappa shape index (κ1) is 22.0. The maximum Gasteiger partial charge on any atom is 1.00 e. The monoisotopic (exact) mass is 431 g/mol. The van der Waals surface area contributed by atoms with E-state index in [0.29, 0.717) is 5.69 Å². The van der Waals surface area contributed by atoms with Crippen molar-refractivity contribution in [2.45, 2.75) is 4.90 Å². The van der Waals surface area contributed by atoms with Crippen molar-refractivity contribution in [3.63, 3.8) is 0 Å². The van der Waals surface area contributed by atoms with Gasteiger partial charge < -0.3 is 21.8 Å². The third kappa shape index (κ3) is 3.21. The summed E-state index contributed by atoms with van der Waals surface area (Å²) in [6, 6.07) is 12.2. The Labute approximate surface area is 194 Å². The third-order valence-electron chi connectivity index (χ3n) is 4.82. The first-order valence-corrected chi connectivity index (χ1v) is 9.79. The molecule has 0 saturated heterocycles. The Bertz CT molecular complexity index is 1350. The molecule has 0 fully saturated rings. The van der Waals surface area contributed by atoms with Gasteiger partial charge in [-0.3, -0.25) is 9.59 Å². The molecule has 0 aliphatic heterocycles. The number of rotatable bonds is 2. The van der Waals surface area contributed by atoms with Gasteiger partial charge in [-0.2, -0.15) is 0 Å². The van der Waals surface area contributed by atoms with Crippen LogP contribution in [-0.4, -0.2) is 24.5 Å². The summed E-state index contributed by atoms with van der Waals surface area (Å²) in [7, 11) is -5.15. The molecule has 3 aromatic carbocycles. The van der Waals surface area contributed by atoms with Crippen molar-refractivity contribution in [2.24, 2.45) is 0 Å². The number of carbonyl (C=O) groups excluding carboxylic acids is 2. The number of hydrogen-bond donors (Lipinski definition) is 3. The molecule has 1 aliphatic carbocycles. The summed E-state index contributed by atoms with van der Waals surface area (Å²) >= 11 is 0. The van der Waals surface area contributed by atoms with E-state index in [4.69, 9.17) is 17.2 Å². The van der Waals surface area contributed by atoms with Crippen molar-refractivity contribution in [1.29, 1.82) is 0 Å². The smallest absolute Gasteiger partial charge is 0.744 e. The Morgan fingerprint density at radius 3 is 1.80 bits per heavy atom. The van der Waals surface area contributed by atoms with E-state index in [2.05, 4.69) is 0 Å². The molecule has 8 nitrogen and oxygen atoms in total. The molecule has 0 radical (unpaired) electrons. The number of benzene rings is 3. The summed E-state index contributed by atoms with van der Waals surface area (Å²) in [6.07, 6.45) is 0. The molecule has 4 rings (SSSR count). The number of nitrogen functional groups attached to an aromatic ring is 3. The standard InChI is InChI=1S/C20H15N3O5S.Na/c21-10-5-3-4-9(8-10)13-14-15(17(23)20(16(13)22)29(26,27)28)19(25)12-7-2-1-6-11(12)18(14)24;/h1-8H,21-23H2,(H,26,27,28);/q;+1/p-1. The van der Waals surface area contributed by atoms with Crippen LogP contribution in [-0.2, 0) is 10.1 Å². The zero-order valence-electron chi connectivity index (χ0n) is 15.8. The van der Waals surface area contributed by atoms with Crippen molar-refractivity contribution in [3.05, 3.63) is 70.8 Å². The normalized spacial score (nSPS) is 12.7. The van der Waals surface area contributed by atoms with Gasteiger partial charge in [0.1, 0.15) is 15.0 Å². The number of ketones is 2. The summed E-state index contributed by atoms with van der Waals surface area (Å²) in [6.45, 7) is 0. The van der Waals surface area contributed by atoms with E-state index in [1.807, 2.05) is 0 Å². The predicted molar refractivity (Wildman–Crippen MR) is 106 cm³/mol. The average molecular weight is 431 g/mol. The zero-order chi connectivity index (χ0) is 21.1. The summed E-state index contributed by atoms with van der Waals surface area (Å²) in [5, 5.41) is 0. The van der Waals surface area contributed by atoms with Gasteiger partial charge in [-0.05, 0) is 17.7 Å². The van der Waals surface area contributed by atoms with E-state index < -0.39 is 38.0 Å². The van der Waals surface area contributed by atoms with Gasteiger partial charge in [-0.15, -0.1) is 0 Å². The minimum Gasteiger partial charge on any atom is -0.744 e. The summed E-state index contributed by atoms with van der Waals surface area (Å²) in [4.78, 5) is 25.5. The van der Waals surface area contributed by atoms with E-state index in [9.17, 15) is 22.6 Å². The third-order valence-corrected chi connectivity index (χ3v) is 5.76. The van der Waals surface area contributed by atoms with Crippen LogP contribution in [0.4, 0.5) is 17.1 Å². The molecule has 0 atom stereocenters. The second kappa shape index (κ2) is 7.53. The van der Waals surface area contributed by atoms with Crippen LogP contribution in [0.2, 0.25) is 0 Å². The predicted octanol–water partition coefficient (Wildman–Crippen LogP) is -1.22. The average Bonchev–Trinajstić information content (AvgIpc) is 2.64. The second-order valence-electron chi connectivity index (χ2n) is 6.56. The van der Waals surface area contributed by atoms with Crippen LogP contribution < -0.4 is 46.8 Å². The van der Waals surface area contributed by atoms with E-state index in [0.717, 1.165) is 0 Å². The minimum atomic E-state index is -5.15.